The lowest BCUT2D eigenvalue weighted by Gasteiger charge is -2.24. The lowest BCUT2D eigenvalue weighted by atomic mass is 10.2. The minimum absolute atomic E-state index is 0.0485. The number of benzene rings is 1. The number of carbonyl (C=O) groups is 2. The Bertz CT molecular complexity index is 443. The van der Waals surface area contributed by atoms with Gasteiger partial charge in [-0.15, -0.1) is 0 Å². The quantitative estimate of drug-likeness (QED) is 0.849. The molecule has 0 atom stereocenters. The second kappa shape index (κ2) is 6.89. The van der Waals surface area contributed by atoms with Crippen LogP contribution in [0, 0.1) is 0 Å². The molecule has 0 saturated carbocycles. The van der Waals surface area contributed by atoms with Crippen molar-refractivity contribution in [3.8, 4) is 0 Å². The predicted octanol–water partition coefficient (Wildman–Crippen LogP) is 1.69. The van der Waals surface area contributed by atoms with Crippen LogP contribution in [0.5, 0.6) is 0 Å². The normalized spacial score (nSPS) is 10.5. The molecule has 5 nitrogen and oxygen atoms in total. The summed E-state index contributed by atoms with van der Waals surface area (Å²) in [4.78, 5) is 26.2. The summed E-state index contributed by atoms with van der Waals surface area (Å²) < 4.78 is 0. The Morgan fingerprint density at radius 3 is 2.16 bits per heavy atom. The van der Waals surface area contributed by atoms with Gasteiger partial charge in [-0.1, -0.05) is 6.92 Å². The molecule has 0 spiro atoms. The highest BCUT2D eigenvalue weighted by Gasteiger charge is 2.12. The molecule has 0 heterocycles. The Morgan fingerprint density at radius 2 is 1.74 bits per heavy atom. The van der Waals surface area contributed by atoms with E-state index >= 15 is 0 Å². The SMILES string of the molecule is CCN(C)CCN(C(C)=O)c1ccc(C(=O)O)cc1. The predicted molar refractivity (Wildman–Crippen MR) is 74.6 cm³/mol. The third-order valence-corrected chi connectivity index (χ3v) is 3.05. The van der Waals surface area contributed by atoms with E-state index in [9.17, 15) is 9.59 Å². The number of carboxylic acid groups (broad SMARTS) is 1. The highest BCUT2D eigenvalue weighted by molar-refractivity contribution is 5.93. The number of amides is 1. The van der Waals surface area contributed by atoms with Gasteiger partial charge in [0, 0.05) is 25.7 Å². The summed E-state index contributed by atoms with van der Waals surface area (Å²) in [6.45, 7) is 5.85. The van der Waals surface area contributed by atoms with Crippen molar-refractivity contribution >= 4 is 17.6 Å². The van der Waals surface area contributed by atoms with Crippen molar-refractivity contribution < 1.29 is 14.7 Å². The first-order valence-electron chi connectivity index (χ1n) is 6.25. The molecule has 0 saturated heterocycles. The van der Waals surface area contributed by atoms with Crippen LogP contribution in [0.3, 0.4) is 0 Å². The van der Waals surface area contributed by atoms with E-state index < -0.39 is 5.97 Å². The lowest BCUT2D eigenvalue weighted by Crippen LogP contribution is -2.36. The summed E-state index contributed by atoms with van der Waals surface area (Å²) >= 11 is 0. The topological polar surface area (TPSA) is 60.9 Å². The number of carboxylic acids is 1. The maximum atomic E-state index is 11.7. The fourth-order valence-corrected chi connectivity index (χ4v) is 1.68. The van der Waals surface area contributed by atoms with Crippen molar-refractivity contribution in [1.29, 1.82) is 0 Å². The smallest absolute Gasteiger partial charge is 0.335 e. The molecule has 1 aromatic rings. The van der Waals surface area contributed by atoms with E-state index in [-0.39, 0.29) is 11.5 Å². The Kier molecular flexibility index (Phi) is 5.51. The van der Waals surface area contributed by atoms with E-state index in [2.05, 4.69) is 11.8 Å². The van der Waals surface area contributed by atoms with Crippen LogP contribution in [0.2, 0.25) is 0 Å². The second-order valence-electron chi connectivity index (χ2n) is 4.42. The molecule has 0 bridgehead atoms. The van der Waals surface area contributed by atoms with Crippen LogP contribution in [-0.2, 0) is 4.79 Å². The van der Waals surface area contributed by atoms with E-state index in [1.165, 1.54) is 19.1 Å². The van der Waals surface area contributed by atoms with E-state index in [1.54, 1.807) is 17.0 Å². The highest BCUT2D eigenvalue weighted by Crippen LogP contribution is 2.15. The molecule has 0 aromatic heterocycles. The van der Waals surface area contributed by atoms with Crippen molar-refractivity contribution in [3.63, 3.8) is 0 Å². The number of likely N-dealkylation sites (N-methyl/N-ethyl adjacent to an activating group) is 1. The van der Waals surface area contributed by atoms with Gasteiger partial charge in [-0.25, -0.2) is 4.79 Å². The molecular formula is C14H20N2O3. The average molecular weight is 264 g/mol. The number of aromatic carboxylic acids is 1. The minimum atomic E-state index is -0.966. The van der Waals surface area contributed by atoms with Crippen molar-refractivity contribution in [2.75, 3.05) is 31.6 Å². The van der Waals surface area contributed by atoms with Crippen LogP contribution in [-0.4, -0.2) is 48.6 Å². The average Bonchev–Trinajstić information content (AvgIpc) is 2.38. The third-order valence-electron chi connectivity index (χ3n) is 3.05. The van der Waals surface area contributed by atoms with Crippen LogP contribution in [0.1, 0.15) is 24.2 Å². The summed E-state index contributed by atoms with van der Waals surface area (Å²) in [6.07, 6.45) is 0. The van der Waals surface area contributed by atoms with Crippen molar-refractivity contribution in [1.82, 2.24) is 4.90 Å². The van der Waals surface area contributed by atoms with E-state index in [0.29, 0.717) is 6.54 Å². The van der Waals surface area contributed by atoms with Gasteiger partial charge in [0.2, 0.25) is 5.91 Å². The molecule has 0 radical (unpaired) electrons. The molecule has 1 N–H and O–H groups in total. The van der Waals surface area contributed by atoms with Crippen molar-refractivity contribution in [2.45, 2.75) is 13.8 Å². The summed E-state index contributed by atoms with van der Waals surface area (Å²) in [5.41, 5.74) is 0.944. The van der Waals surface area contributed by atoms with Gasteiger partial charge in [0.05, 0.1) is 5.56 Å². The number of nitrogens with zero attached hydrogens (tertiary/aromatic N) is 2. The van der Waals surface area contributed by atoms with Gasteiger partial charge in [-0.05, 0) is 37.9 Å². The van der Waals surface area contributed by atoms with E-state index in [0.717, 1.165) is 18.8 Å². The third kappa shape index (κ3) is 4.37. The first kappa shape index (κ1) is 15.2. The van der Waals surface area contributed by atoms with Gasteiger partial charge in [-0.2, -0.15) is 0 Å². The van der Waals surface area contributed by atoms with Crippen LogP contribution < -0.4 is 4.90 Å². The molecule has 1 aromatic carbocycles. The Balaban J connectivity index is 2.81. The minimum Gasteiger partial charge on any atom is -0.478 e. The summed E-state index contributed by atoms with van der Waals surface area (Å²) in [7, 11) is 1.99. The van der Waals surface area contributed by atoms with Crippen LogP contribution in [0.4, 0.5) is 5.69 Å². The number of carbonyl (C=O) groups excluding carboxylic acids is 1. The van der Waals surface area contributed by atoms with Gasteiger partial charge in [0.25, 0.3) is 0 Å². The van der Waals surface area contributed by atoms with E-state index in [4.69, 9.17) is 5.11 Å². The Hall–Kier alpha value is -1.88. The molecule has 0 aliphatic heterocycles. The van der Waals surface area contributed by atoms with Crippen LogP contribution in [0.25, 0.3) is 0 Å². The zero-order chi connectivity index (χ0) is 14.4. The fourth-order valence-electron chi connectivity index (χ4n) is 1.68. The molecule has 1 amide bonds. The van der Waals surface area contributed by atoms with Crippen LogP contribution in [0.15, 0.2) is 24.3 Å². The molecule has 1 rings (SSSR count). The molecular weight excluding hydrogens is 244 g/mol. The summed E-state index contributed by atoms with van der Waals surface area (Å²) in [6, 6.07) is 6.35. The zero-order valence-corrected chi connectivity index (χ0v) is 11.6. The van der Waals surface area contributed by atoms with Gasteiger partial charge in [0.1, 0.15) is 0 Å². The van der Waals surface area contributed by atoms with Gasteiger partial charge in [0.15, 0.2) is 0 Å². The highest BCUT2D eigenvalue weighted by atomic mass is 16.4. The molecule has 0 aliphatic rings. The number of hydrogen-bond acceptors (Lipinski definition) is 3. The van der Waals surface area contributed by atoms with Gasteiger partial charge >= 0.3 is 5.97 Å². The molecule has 5 heteroatoms. The molecule has 19 heavy (non-hydrogen) atoms. The molecule has 0 aliphatic carbocycles. The monoisotopic (exact) mass is 264 g/mol. The van der Waals surface area contributed by atoms with Crippen molar-refractivity contribution in [2.24, 2.45) is 0 Å². The molecule has 0 fully saturated rings. The lowest BCUT2D eigenvalue weighted by molar-refractivity contribution is -0.116. The van der Waals surface area contributed by atoms with E-state index in [1.807, 2.05) is 7.05 Å². The number of anilines is 1. The summed E-state index contributed by atoms with van der Waals surface area (Å²) in [5.74, 6) is -1.01. The fraction of sp³-hybridized carbons (Fsp3) is 0.429. The number of rotatable bonds is 6. The number of hydrogen-bond donors (Lipinski definition) is 1. The van der Waals surface area contributed by atoms with Crippen LogP contribution >= 0.6 is 0 Å². The van der Waals surface area contributed by atoms with Gasteiger partial charge < -0.3 is 14.9 Å². The Labute approximate surface area is 113 Å². The first-order chi connectivity index (χ1) is 8.95. The maximum Gasteiger partial charge on any atom is 0.335 e. The van der Waals surface area contributed by atoms with Crippen molar-refractivity contribution in [3.05, 3.63) is 29.8 Å². The maximum absolute atomic E-state index is 11.7. The molecule has 0 unspecified atom stereocenters. The summed E-state index contributed by atoms with van der Waals surface area (Å²) in [5, 5.41) is 8.84. The standard InChI is InChI=1S/C14H20N2O3/c1-4-15(3)9-10-16(11(2)17)13-7-5-12(6-8-13)14(18)19/h5-8H,4,9-10H2,1-3H3,(H,18,19). The largest absolute Gasteiger partial charge is 0.478 e. The first-order valence-corrected chi connectivity index (χ1v) is 6.25. The Morgan fingerprint density at radius 1 is 1.16 bits per heavy atom. The molecule has 104 valence electrons. The van der Waals surface area contributed by atoms with Gasteiger partial charge in [-0.3, -0.25) is 4.79 Å². The zero-order valence-electron chi connectivity index (χ0n) is 11.6. The second-order valence-corrected chi connectivity index (χ2v) is 4.42.